The maximum atomic E-state index is 12.7. The van der Waals surface area contributed by atoms with Crippen LogP contribution in [0.1, 0.15) is 10.4 Å². The molecule has 0 saturated heterocycles. The Balaban J connectivity index is 1.79. The van der Waals surface area contributed by atoms with Crippen molar-refractivity contribution < 1.29 is 27.4 Å². The van der Waals surface area contributed by atoms with Gasteiger partial charge in [-0.1, -0.05) is 6.07 Å². The van der Waals surface area contributed by atoms with E-state index in [0.29, 0.717) is 28.6 Å². The SMILES string of the molecule is COc1ccc(NS(=O)(=O)c2cccc(C(=O)Nc3ccc(OC)c(OC)c3)c2)cc1. The molecule has 0 aromatic heterocycles. The molecule has 9 heteroatoms. The van der Waals surface area contributed by atoms with E-state index in [4.69, 9.17) is 14.2 Å². The smallest absolute Gasteiger partial charge is 0.261 e. The van der Waals surface area contributed by atoms with E-state index in [1.54, 1.807) is 42.5 Å². The quantitative estimate of drug-likeness (QED) is 0.551. The Labute approximate surface area is 180 Å². The fraction of sp³-hybridized carbons (Fsp3) is 0.136. The predicted molar refractivity (Wildman–Crippen MR) is 118 cm³/mol. The van der Waals surface area contributed by atoms with Gasteiger partial charge >= 0.3 is 0 Å². The van der Waals surface area contributed by atoms with Crippen molar-refractivity contribution in [2.75, 3.05) is 31.4 Å². The van der Waals surface area contributed by atoms with Crippen LogP contribution in [0.15, 0.2) is 71.6 Å². The summed E-state index contributed by atoms with van der Waals surface area (Å²) in [5, 5.41) is 2.72. The molecule has 0 atom stereocenters. The molecule has 0 unspecified atom stereocenters. The third-order valence-electron chi connectivity index (χ3n) is 4.39. The fourth-order valence-corrected chi connectivity index (χ4v) is 3.90. The molecular formula is C22H22N2O6S. The van der Waals surface area contributed by atoms with E-state index >= 15 is 0 Å². The zero-order chi connectivity index (χ0) is 22.4. The maximum Gasteiger partial charge on any atom is 0.261 e. The Bertz CT molecular complexity index is 1180. The van der Waals surface area contributed by atoms with Gasteiger partial charge < -0.3 is 19.5 Å². The molecule has 3 rings (SSSR count). The Morgan fingerprint density at radius 2 is 1.45 bits per heavy atom. The van der Waals surface area contributed by atoms with Gasteiger partial charge in [-0.15, -0.1) is 0 Å². The number of amides is 1. The van der Waals surface area contributed by atoms with E-state index in [2.05, 4.69) is 10.0 Å². The number of nitrogens with one attached hydrogen (secondary N) is 2. The number of rotatable bonds is 8. The number of benzene rings is 3. The van der Waals surface area contributed by atoms with Gasteiger partial charge in [0.25, 0.3) is 15.9 Å². The molecule has 0 aliphatic carbocycles. The summed E-state index contributed by atoms with van der Waals surface area (Å²) in [7, 11) is 0.646. The minimum Gasteiger partial charge on any atom is -0.497 e. The zero-order valence-electron chi connectivity index (χ0n) is 17.2. The van der Waals surface area contributed by atoms with Gasteiger partial charge in [0.1, 0.15) is 5.75 Å². The van der Waals surface area contributed by atoms with Gasteiger partial charge in [0.05, 0.1) is 26.2 Å². The number of hydrogen-bond donors (Lipinski definition) is 2. The highest BCUT2D eigenvalue weighted by atomic mass is 32.2. The van der Waals surface area contributed by atoms with E-state index in [-0.39, 0.29) is 10.5 Å². The van der Waals surface area contributed by atoms with Crippen molar-refractivity contribution in [1.82, 2.24) is 0 Å². The standard InChI is InChI=1S/C22H22N2O6S/c1-28-18-10-7-16(8-11-18)24-31(26,27)19-6-4-5-15(13-19)22(25)23-17-9-12-20(29-2)21(14-17)30-3/h4-14,24H,1-3H3,(H,23,25). The molecule has 0 aliphatic rings. The molecule has 3 aromatic rings. The molecule has 162 valence electrons. The van der Waals surface area contributed by atoms with Crippen molar-refractivity contribution in [2.45, 2.75) is 4.90 Å². The molecule has 0 radical (unpaired) electrons. The maximum absolute atomic E-state index is 12.7. The van der Waals surface area contributed by atoms with Gasteiger partial charge in [0, 0.05) is 23.0 Å². The van der Waals surface area contributed by atoms with Crippen LogP contribution in [-0.2, 0) is 10.0 Å². The van der Waals surface area contributed by atoms with Crippen molar-refractivity contribution in [3.05, 3.63) is 72.3 Å². The first-order valence-electron chi connectivity index (χ1n) is 9.16. The normalized spacial score (nSPS) is 10.8. The molecule has 1 amide bonds. The first-order valence-corrected chi connectivity index (χ1v) is 10.6. The molecule has 0 aliphatic heterocycles. The molecule has 0 heterocycles. The van der Waals surface area contributed by atoms with Crippen LogP contribution in [0.4, 0.5) is 11.4 Å². The lowest BCUT2D eigenvalue weighted by Crippen LogP contribution is -2.16. The molecule has 8 nitrogen and oxygen atoms in total. The monoisotopic (exact) mass is 442 g/mol. The number of methoxy groups -OCH3 is 3. The third-order valence-corrected chi connectivity index (χ3v) is 5.77. The van der Waals surface area contributed by atoms with Crippen LogP contribution >= 0.6 is 0 Å². The second-order valence-corrected chi connectivity index (χ2v) is 8.07. The average molecular weight is 442 g/mol. The minimum atomic E-state index is -3.89. The number of sulfonamides is 1. The van der Waals surface area contributed by atoms with Crippen LogP contribution in [-0.4, -0.2) is 35.7 Å². The highest BCUT2D eigenvalue weighted by Gasteiger charge is 2.17. The van der Waals surface area contributed by atoms with E-state index < -0.39 is 15.9 Å². The lowest BCUT2D eigenvalue weighted by Gasteiger charge is -2.12. The first-order chi connectivity index (χ1) is 14.9. The highest BCUT2D eigenvalue weighted by molar-refractivity contribution is 7.92. The largest absolute Gasteiger partial charge is 0.497 e. The average Bonchev–Trinajstić information content (AvgIpc) is 2.79. The third kappa shape index (κ3) is 5.26. The fourth-order valence-electron chi connectivity index (χ4n) is 2.79. The Morgan fingerprint density at radius 1 is 0.774 bits per heavy atom. The van der Waals surface area contributed by atoms with Crippen LogP contribution in [0.3, 0.4) is 0 Å². The topological polar surface area (TPSA) is 103 Å². The van der Waals surface area contributed by atoms with Crippen molar-refractivity contribution in [3.8, 4) is 17.2 Å². The second kappa shape index (κ2) is 9.40. The Hall–Kier alpha value is -3.72. The number of carbonyl (C=O) groups excluding carboxylic acids is 1. The van der Waals surface area contributed by atoms with E-state index in [9.17, 15) is 13.2 Å². The van der Waals surface area contributed by atoms with Crippen LogP contribution in [0.25, 0.3) is 0 Å². The van der Waals surface area contributed by atoms with Crippen molar-refractivity contribution in [2.24, 2.45) is 0 Å². The van der Waals surface area contributed by atoms with Gasteiger partial charge in [-0.25, -0.2) is 8.42 Å². The number of ether oxygens (including phenoxy) is 3. The highest BCUT2D eigenvalue weighted by Crippen LogP contribution is 2.30. The molecule has 0 spiro atoms. The zero-order valence-corrected chi connectivity index (χ0v) is 18.0. The molecule has 0 fully saturated rings. The number of anilines is 2. The van der Waals surface area contributed by atoms with Crippen LogP contribution in [0, 0.1) is 0 Å². The summed E-state index contributed by atoms with van der Waals surface area (Å²) in [6, 6.07) is 17.2. The second-order valence-electron chi connectivity index (χ2n) is 6.39. The first kappa shape index (κ1) is 22.0. The van der Waals surface area contributed by atoms with Gasteiger partial charge in [-0.05, 0) is 54.6 Å². The van der Waals surface area contributed by atoms with Crippen molar-refractivity contribution in [1.29, 1.82) is 0 Å². The summed E-state index contributed by atoms with van der Waals surface area (Å²) in [4.78, 5) is 12.6. The van der Waals surface area contributed by atoms with Gasteiger partial charge in [0.15, 0.2) is 11.5 Å². The van der Waals surface area contributed by atoms with Crippen LogP contribution < -0.4 is 24.2 Å². The van der Waals surface area contributed by atoms with Gasteiger partial charge in [0.2, 0.25) is 0 Å². The predicted octanol–water partition coefficient (Wildman–Crippen LogP) is 3.77. The van der Waals surface area contributed by atoms with Crippen molar-refractivity contribution >= 4 is 27.3 Å². The number of carbonyl (C=O) groups is 1. The van der Waals surface area contributed by atoms with Gasteiger partial charge in [-0.2, -0.15) is 0 Å². The Morgan fingerprint density at radius 3 is 2.10 bits per heavy atom. The molecule has 0 saturated carbocycles. The summed E-state index contributed by atoms with van der Waals surface area (Å²) < 4.78 is 43.4. The van der Waals surface area contributed by atoms with E-state index in [0.717, 1.165) is 0 Å². The summed E-state index contributed by atoms with van der Waals surface area (Å²) in [5.74, 6) is 1.13. The van der Waals surface area contributed by atoms with Gasteiger partial charge in [-0.3, -0.25) is 9.52 Å². The summed E-state index contributed by atoms with van der Waals surface area (Å²) in [6.45, 7) is 0. The number of hydrogen-bond acceptors (Lipinski definition) is 6. The molecular weight excluding hydrogens is 420 g/mol. The Kier molecular flexibility index (Phi) is 6.66. The summed E-state index contributed by atoms with van der Waals surface area (Å²) >= 11 is 0. The van der Waals surface area contributed by atoms with Crippen molar-refractivity contribution in [3.63, 3.8) is 0 Å². The molecule has 2 N–H and O–H groups in total. The van der Waals surface area contributed by atoms with E-state index in [1.165, 1.54) is 45.6 Å². The molecule has 3 aromatic carbocycles. The lowest BCUT2D eigenvalue weighted by molar-refractivity contribution is 0.102. The minimum absolute atomic E-state index is 0.0386. The van der Waals surface area contributed by atoms with Crippen LogP contribution in [0.2, 0.25) is 0 Å². The lowest BCUT2D eigenvalue weighted by atomic mass is 10.2. The molecule has 31 heavy (non-hydrogen) atoms. The summed E-state index contributed by atoms with van der Waals surface area (Å²) in [5.41, 5.74) is 1.04. The van der Waals surface area contributed by atoms with Crippen LogP contribution in [0.5, 0.6) is 17.2 Å². The molecule has 0 bridgehead atoms. The summed E-state index contributed by atoms with van der Waals surface area (Å²) in [6.07, 6.45) is 0. The van der Waals surface area contributed by atoms with E-state index in [1.807, 2.05) is 0 Å².